The summed E-state index contributed by atoms with van der Waals surface area (Å²) in [6.07, 6.45) is 0. The van der Waals surface area contributed by atoms with E-state index in [0.29, 0.717) is 17.3 Å². The van der Waals surface area contributed by atoms with Gasteiger partial charge in [0.15, 0.2) is 0 Å². The van der Waals surface area contributed by atoms with Crippen LogP contribution in [0.5, 0.6) is 11.8 Å². The number of pyridine rings is 1. The molecular weight excluding hydrogens is 198 g/mol. The number of carboxylic acids is 1. The lowest BCUT2D eigenvalue weighted by molar-refractivity contribution is -0.138. The van der Waals surface area contributed by atoms with Crippen molar-refractivity contribution < 1.29 is 19.4 Å². The number of aromatic nitrogens is 1. The highest BCUT2D eigenvalue weighted by molar-refractivity contribution is 5.75. The van der Waals surface area contributed by atoms with Gasteiger partial charge in [-0.15, -0.1) is 0 Å². The predicted octanol–water partition coefficient (Wildman–Crippen LogP) is 1.29. The summed E-state index contributed by atoms with van der Waals surface area (Å²) in [6.45, 7) is 1.59. The zero-order valence-electron chi connectivity index (χ0n) is 8.85. The number of hydrogen-bond donors (Lipinski definition) is 1. The molecule has 0 bridgehead atoms. The normalized spacial score (nSPS) is 11.9. The van der Waals surface area contributed by atoms with Crippen LogP contribution in [-0.2, 0) is 4.79 Å². The number of carboxylic acid groups (broad SMARTS) is 1. The highest BCUT2D eigenvalue weighted by Gasteiger charge is 2.16. The number of rotatable bonds is 4. The van der Waals surface area contributed by atoms with E-state index in [2.05, 4.69) is 4.98 Å². The molecule has 0 aliphatic rings. The standard InChI is InChI=1S/C10H13NO4/c1-6(10(12)13)7-4-8(14-2)11-9(5-7)15-3/h4-6H,1-3H3,(H,12,13). The van der Waals surface area contributed by atoms with Gasteiger partial charge in [0, 0.05) is 12.1 Å². The molecule has 0 aromatic carbocycles. The molecule has 82 valence electrons. The van der Waals surface area contributed by atoms with Crippen LogP contribution < -0.4 is 9.47 Å². The molecule has 1 atom stereocenters. The predicted molar refractivity (Wildman–Crippen MR) is 53.4 cm³/mol. The molecule has 1 rings (SSSR count). The van der Waals surface area contributed by atoms with Gasteiger partial charge in [-0.05, 0) is 12.5 Å². The number of hydrogen-bond acceptors (Lipinski definition) is 4. The largest absolute Gasteiger partial charge is 0.481 e. The SMILES string of the molecule is COc1cc(C(C)C(=O)O)cc(OC)n1. The topological polar surface area (TPSA) is 68.7 Å². The fourth-order valence-electron chi connectivity index (χ4n) is 1.10. The average molecular weight is 211 g/mol. The summed E-state index contributed by atoms with van der Waals surface area (Å²) in [6, 6.07) is 3.17. The van der Waals surface area contributed by atoms with Crippen molar-refractivity contribution in [2.75, 3.05) is 14.2 Å². The van der Waals surface area contributed by atoms with Crippen molar-refractivity contribution in [1.29, 1.82) is 0 Å². The summed E-state index contributed by atoms with van der Waals surface area (Å²) in [5, 5.41) is 8.86. The summed E-state index contributed by atoms with van der Waals surface area (Å²) in [5.74, 6) is -0.823. The fraction of sp³-hybridized carbons (Fsp3) is 0.400. The first-order valence-electron chi connectivity index (χ1n) is 4.41. The first-order chi connectivity index (χ1) is 7.08. The maximum atomic E-state index is 10.8. The quantitative estimate of drug-likeness (QED) is 0.812. The van der Waals surface area contributed by atoms with Gasteiger partial charge in [-0.3, -0.25) is 4.79 Å². The van der Waals surface area contributed by atoms with Crippen LogP contribution in [0.15, 0.2) is 12.1 Å². The van der Waals surface area contributed by atoms with Gasteiger partial charge in [0.2, 0.25) is 11.8 Å². The Labute approximate surface area is 87.7 Å². The Morgan fingerprint density at radius 2 is 1.80 bits per heavy atom. The first kappa shape index (κ1) is 11.3. The number of methoxy groups -OCH3 is 2. The molecule has 0 amide bonds. The molecule has 0 saturated heterocycles. The van der Waals surface area contributed by atoms with E-state index in [9.17, 15) is 4.79 Å². The summed E-state index contributed by atoms with van der Waals surface area (Å²) in [4.78, 5) is 14.8. The van der Waals surface area contributed by atoms with E-state index < -0.39 is 11.9 Å². The molecule has 1 heterocycles. The number of aliphatic carboxylic acids is 1. The Kier molecular flexibility index (Phi) is 3.49. The second-order valence-electron chi connectivity index (χ2n) is 3.05. The molecule has 0 spiro atoms. The van der Waals surface area contributed by atoms with E-state index in [1.54, 1.807) is 19.1 Å². The van der Waals surface area contributed by atoms with Gasteiger partial charge in [-0.2, -0.15) is 4.98 Å². The maximum absolute atomic E-state index is 10.8. The van der Waals surface area contributed by atoms with E-state index in [4.69, 9.17) is 14.6 Å². The zero-order valence-corrected chi connectivity index (χ0v) is 8.85. The molecule has 1 N–H and O–H groups in total. The minimum absolute atomic E-state index is 0.345. The summed E-state index contributed by atoms with van der Waals surface area (Å²) in [7, 11) is 2.94. The number of carbonyl (C=O) groups is 1. The molecule has 0 aliphatic carbocycles. The molecule has 5 nitrogen and oxygen atoms in total. The van der Waals surface area contributed by atoms with Crippen LogP contribution in [0.1, 0.15) is 18.4 Å². The highest BCUT2D eigenvalue weighted by atomic mass is 16.5. The van der Waals surface area contributed by atoms with Crippen molar-refractivity contribution >= 4 is 5.97 Å². The van der Waals surface area contributed by atoms with Crippen molar-refractivity contribution in [3.8, 4) is 11.8 Å². The van der Waals surface area contributed by atoms with Gasteiger partial charge in [-0.1, -0.05) is 0 Å². The van der Waals surface area contributed by atoms with Crippen molar-refractivity contribution in [1.82, 2.24) is 4.98 Å². The van der Waals surface area contributed by atoms with E-state index in [1.165, 1.54) is 14.2 Å². The molecule has 0 saturated carbocycles. The van der Waals surface area contributed by atoms with E-state index in [0.717, 1.165) is 0 Å². The molecule has 1 aromatic rings. The second-order valence-corrected chi connectivity index (χ2v) is 3.05. The Morgan fingerprint density at radius 1 is 1.33 bits per heavy atom. The molecular formula is C10H13NO4. The van der Waals surface area contributed by atoms with Crippen LogP contribution >= 0.6 is 0 Å². The third-order valence-corrected chi connectivity index (χ3v) is 2.09. The monoisotopic (exact) mass is 211 g/mol. The van der Waals surface area contributed by atoms with Gasteiger partial charge in [-0.25, -0.2) is 0 Å². The van der Waals surface area contributed by atoms with E-state index >= 15 is 0 Å². The fourth-order valence-corrected chi connectivity index (χ4v) is 1.10. The van der Waals surface area contributed by atoms with Crippen molar-refractivity contribution in [2.45, 2.75) is 12.8 Å². The molecule has 0 aliphatic heterocycles. The van der Waals surface area contributed by atoms with Crippen molar-refractivity contribution in [3.05, 3.63) is 17.7 Å². The lowest BCUT2D eigenvalue weighted by Crippen LogP contribution is -2.08. The van der Waals surface area contributed by atoms with Crippen molar-refractivity contribution in [3.63, 3.8) is 0 Å². The third-order valence-electron chi connectivity index (χ3n) is 2.09. The van der Waals surface area contributed by atoms with Gasteiger partial charge in [0.25, 0.3) is 0 Å². The Bertz CT molecular complexity index is 342. The third kappa shape index (κ3) is 2.59. The lowest BCUT2D eigenvalue weighted by atomic mass is 10.0. The van der Waals surface area contributed by atoms with Crippen LogP contribution in [0.3, 0.4) is 0 Å². The van der Waals surface area contributed by atoms with Crippen LogP contribution in [0.25, 0.3) is 0 Å². The van der Waals surface area contributed by atoms with Gasteiger partial charge in [0.05, 0.1) is 20.1 Å². The molecule has 1 unspecified atom stereocenters. The lowest BCUT2D eigenvalue weighted by Gasteiger charge is -2.09. The van der Waals surface area contributed by atoms with Crippen LogP contribution in [-0.4, -0.2) is 30.3 Å². The molecule has 5 heteroatoms. The summed E-state index contributed by atoms with van der Waals surface area (Å²) >= 11 is 0. The number of ether oxygens (including phenoxy) is 2. The molecule has 1 aromatic heterocycles. The Hall–Kier alpha value is -1.78. The Morgan fingerprint density at radius 3 is 2.13 bits per heavy atom. The summed E-state index contributed by atoms with van der Waals surface area (Å²) < 4.78 is 9.89. The Balaban J connectivity index is 3.11. The van der Waals surface area contributed by atoms with Crippen LogP contribution in [0.4, 0.5) is 0 Å². The van der Waals surface area contributed by atoms with Crippen LogP contribution in [0.2, 0.25) is 0 Å². The first-order valence-corrected chi connectivity index (χ1v) is 4.41. The van der Waals surface area contributed by atoms with Gasteiger partial charge >= 0.3 is 5.97 Å². The highest BCUT2D eigenvalue weighted by Crippen LogP contribution is 2.23. The van der Waals surface area contributed by atoms with Crippen LogP contribution in [0, 0.1) is 0 Å². The molecule has 15 heavy (non-hydrogen) atoms. The van der Waals surface area contributed by atoms with E-state index in [1.807, 2.05) is 0 Å². The minimum Gasteiger partial charge on any atom is -0.481 e. The summed E-state index contributed by atoms with van der Waals surface area (Å²) in [5.41, 5.74) is 0.603. The molecule has 0 radical (unpaired) electrons. The zero-order chi connectivity index (χ0) is 11.4. The van der Waals surface area contributed by atoms with Crippen molar-refractivity contribution in [2.24, 2.45) is 0 Å². The maximum Gasteiger partial charge on any atom is 0.310 e. The smallest absolute Gasteiger partial charge is 0.310 e. The van der Waals surface area contributed by atoms with Gasteiger partial charge in [0.1, 0.15) is 0 Å². The number of nitrogens with zero attached hydrogens (tertiary/aromatic N) is 1. The minimum atomic E-state index is -0.898. The average Bonchev–Trinajstić information content (AvgIpc) is 2.27. The molecule has 0 fully saturated rings. The van der Waals surface area contributed by atoms with Gasteiger partial charge < -0.3 is 14.6 Å². The van der Waals surface area contributed by atoms with E-state index in [-0.39, 0.29) is 0 Å². The second kappa shape index (κ2) is 4.63.